The van der Waals surface area contributed by atoms with Gasteiger partial charge in [0.15, 0.2) is 0 Å². The summed E-state index contributed by atoms with van der Waals surface area (Å²) >= 11 is 3.33. The van der Waals surface area contributed by atoms with Crippen LogP contribution in [0.1, 0.15) is 19.4 Å². The highest BCUT2D eigenvalue weighted by Crippen LogP contribution is 2.17. The van der Waals surface area contributed by atoms with Gasteiger partial charge in [-0.2, -0.15) is 0 Å². The van der Waals surface area contributed by atoms with E-state index >= 15 is 0 Å². The molecule has 2 atom stereocenters. The SMILES string of the molecule is CC1CN(Cc2cc(F)cc(Br)c2)CC(C)N1.Cl. The van der Waals surface area contributed by atoms with Crippen LogP contribution in [0.3, 0.4) is 0 Å². The van der Waals surface area contributed by atoms with E-state index in [0.29, 0.717) is 12.1 Å². The molecule has 1 saturated heterocycles. The summed E-state index contributed by atoms with van der Waals surface area (Å²) in [5.41, 5.74) is 1.03. The van der Waals surface area contributed by atoms with Crippen molar-refractivity contribution >= 4 is 28.3 Å². The molecule has 102 valence electrons. The zero-order valence-electron chi connectivity index (χ0n) is 10.6. The molecule has 1 N–H and O–H groups in total. The van der Waals surface area contributed by atoms with E-state index in [1.165, 1.54) is 6.07 Å². The summed E-state index contributed by atoms with van der Waals surface area (Å²) in [5, 5.41) is 3.49. The van der Waals surface area contributed by atoms with Gasteiger partial charge in [0.2, 0.25) is 0 Å². The molecule has 1 aliphatic rings. The van der Waals surface area contributed by atoms with Gasteiger partial charge in [0, 0.05) is 36.2 Å². The first-order chi connectivity index (χ1) is 8.02. The van der Waals surface area contributed by atoms with E-state index in [1.54, 1.807) is 6.07 Å². The lowest BCUT2D eigenvalue weighted by molar-refractivity contribution is 0.166. The summed E-state index contributed by atoms with van der Waals surface area (Å²) in [5.74, 6) is -0.175. The average Bonchev–Trinajstić information content (AvgIpc) is 2.13. The first-order valence-electron chi connectivity index (χ1n) is 5.96. The molecule has 0 saturated carbocycles. The molecule has 0 bridgehead atoms. The molecule has 0 amide bonds. The standard InChI is InChI=1S/C13H18BrFN2.ClH/c1-9-6-17(7-10(2)16-9)8-11-3-12(14)5-13(15)4-11;/h3-5,9-10,16H,6-8H2,1-2H3;1H. The lowest BCUT2D eigenvalue weighted by Gasteiger charge is -2.36. The molecule has 18 heavy (non-hydrogen) atoms. The van der Waals surface area contributed by atoms with Crippen molar-refractivity contribution in [2.45, 2.75) is 32.5 Å². The van der Waals surface area contributed by atoms with Crippen molar-refractivity contribution in [3.8, 4) is 0 Å². The van der Waals surface area contributed by atoms with Crippen molar-refractivity contribution in [1.29, 1.82) is 0 Å². The van der Waals surface area contributed by atoms with E-state index in [1.807, 2.05) is 6.07 Å². The fraction of sp³-hybridized carbons (Fsp3) is 0.538. The van der Waals surface area contributed by atoms with Crippen LogP contribution in [0.15, 0.2) is 22.7 Å². The predicted octanol–water partition coefficient (Wildman–Crippen LogP) is 3.19. The molecule has 5 heteroatoms. The predicted molar refractivity (Wildman–Crippen MR) is 78.7 cm³/mol. The van der Waals surface area contributed by atoms with Gasteiger partial charge in [-0.25, -0.2) is 4.39 Å². The zero-order chi connectivity index (χ0) is 12.4. The second kappa shape index (κ2) is 6.85. The molecule has 0 spiro atoms. The summed E-state index contributed by atoms with van der Waals surface area (Å²) in [6.45, 7) is 7.21. The van der Waals surface area contributed by atoms with E-state index in [-0.39, 0.29) is 18.2 Å². The van der Waals surface area contributed by atoms with Gasteiger partial charge < -0.3 is 5.32 Å². The largest absolute Gasteiger partial charge is 0.309 e. The van der Waals surface area contributed by atoms with Crippen LogP contribution in [-0.2, 0) is 6.54 Å². The van der Waals surface area contributed by atoms with Crippen molar-refractivity contribution in [3.05, 3.63) is 34.1 Å². The molecule has 0 aliphatic carbocycles. The number of nitrogens with zero attached hydrogens (tertiary/aromatic N) is 1. The van der Waals surface area contributed by atoms with Gasteiger partial charge in [-0.05, 0) is 37.6 Å². The van der Waals surface area contributed by atoms with Gasteiger partial charge in [-0.3, -0.25) is 4.90 Å². The minimum absolute atomic E-state index is 0. The minimum Gasteiger partial charge on any atom is -0.309 e. The third kappa shape index (κ3) is 4.50. The number of hydrogen-bond donors (Lipinski definition) is 1. The van der Waals surface area contributed by atoms with Crippen LogP contribution in [0.4, 0.5) is 4.39 Å². The second-order valence-corrected chi connectivity index (χ2v) is 5.86. The highest BCUT2D eigenvalue weighted by molar-refractivity contribution is 9.10. The van der Waals surface area contributed by atoms with E-state index in [2.05, 4.69) is 40.0 Å². The molecular formula is C13H19BrClFN2. The Labute approximate surface area is 122 Å². The Morgan fingerprint density at radius 3 is 2.44 bits per heavy atom. The van der Waals surface area contributed by atoms with Gasteiger partial charge in [0.1, 0.15) is 5.82 Å². The number of rotatable bonds is 2. The van der Waals surface area contributed by atoms with Gasteiger partial charge in [-0.1, -0.05) is 15.9 Å². The number of piperazine rings is 1. The maximum absolute atomic E-state index is 13.3. The first kappa shape index (κ1) is 15.9. The van der Waals surface area contributed by atoms with Crippen molar-refractivity contribution in [1.82, 2.24) is 10.2 Å². The number of benzene rings is 1. The van der Waals surface area contributed by atoms with Crippen molar-refractivity contribution in [3.63, 3.8) is 0 Å². The zero-order valence-corrected chi connectivity index (χ0v) is 13.0. The van der Waals surface area contributed by atoms with Gasteiger partial charge in [0.25, 0.3) is 0 Å². The summed E-state index contributed by atoms with van der Waals surface area (Å²) in [4.78, 5) is 2.37. The average molecular weight is 338 g/mol. The summed E-state index contributed by atoms with van der Waals surface area (Å²) in [6, 6.07) is 6.08. The van der Waals surface area contributed by atoms with E-state index in [4.69, 9.17) is 0 Å². The molecule has 1 aliphatic heterocycles. The quantitative estimate of drug-likeness (QED) is 0.891. The third-order valence-corrected chi connectivity index (χ3v) is 3.42. The first-order valence-corrected chi connectivity index (χ1v) is 6.75. The van der Waals surface area contributed by atoms with Crippen LogP contribution >= 0.6 is 28.3 Å². The molecule has 2 unspecified atom stereocenters. The minimum atomic E-state index is -0.175. The Kier molecular flexibility index (Phi) is 6.05. The van der Waals surface area contributed by atoms with Crippen LogP contribution in [0.2, 0.25) is 0 Å². The molecule has 1 aromatic rings. The normalized spacial score (nSPS) is 24.7. The van der Waals surface area contributed by atoms with Crippen molar-refractivity contribution < 1.29 is 4.39 Å². The van der Waals surface area contributed by atoms with Gasteiger partial charge in [-0.15, -0.1) is 12.4 Å². The molecule has 1 fully saturated rings. The molecular weight excluding hydrogens is 319 g/mol. The van der Waals surface area contributed by atoms with Gasteiger partial charge >= 0.3 is 0 Å². The molecule has 2 nitrogen and oxygen atoms in total. The van der Waals surface area contributed by atoms with Gasteiger partial charge in [0.05, 0.1) is 0 Å². The summed E-state index contributed by atoms with van der Waals surface area (Å²) in [7, 11) is 0. The topological polar surface area (TPSA) is 15.3 Å². The van der Waals surface area contributed by atoms with Crippen LogP contribution in [0, 0.1) is 5.82 Å². The monoisotopic (exact) mass is 336 g/mol. The van der Waals surface area contributed by atoms with E-state index < -0.39 is 0 Å². The highest BCUT2D eigenvalue weighted by atomic mass is 79.9. The van der Waals surface area contributed by atoms with Crippen LogP contribution < -0.4 is 5.32 Å². The lowest BCUT2D eigenvalue weighted by atomic mass is 10.1. The maximum Gasteiger partial charge on any atom is 0.124 e. The number of halogens is 3. The van der Waals surface area contributed by atoms with Crippen molar-refractivity contribution in [2.24, 2.45) is 0 Å². The highest BCUT2D eigenvalue weighted by Gasteiger charge is 2.20. The summed E-state index contributed by atoms with van der Waals surface area (Å²) in [6.07, 6.45) is 0. The van der Waals surface area contributed by atoms with Crippen LogP contribution in [0.5, 0.6) is 0 Å². The number of hydrogen-bond acceptors (Lipinski definition) is 2. The molecule has 0 aromatic heterocycles. The fourth-order valence-electron chi connectivity index (χ4n) is 2.53. The van der Waals surface area contributed by atoms with E-state index in [0.717, 1.165) is 29.7 Å². The molecule has 1 heterocycles. The maximum atomic E-state index is 13.3. The molecule has 0 radical (unpaired) electrons. The van der Waals surface area contributed by atoms with E-state index in [9.17, 15) is 4.39 Å². The van der Waals surface area contributed by atoms with Crippen molar-refractivity contribution in [2.75, 3.05) is 13.1 Å². The Balaban J connectivity index is 0.00000162. The third-order valence-electron chi connectivity index (χ3n) is 2.96. The Hall–Kier alpha value is -0.160. The van der Waals surface area contributed by atoms with Crippen LogP contribution in [-0.4, -0.2) is 30.1 Å². The smallest absolute Gasteiger partial charge is 0.124 e. The molecule has 1 aromatic carbocycles. The van der Waals surface area contributed by atoms with Crippen LogP contribution in [0.25, 0.3) is 0 Å². The second-order valence-electron chi connectivity index (χ2n) is 4.94. The fourth-order valence-corrected chi connectivity index (χ4v) is 3.04. The Morgan fingerprint density at radius 1 is 1.28 bits per heavy atom. The molecule has 2 rings (SSSR count). The Bertz CT molecular complexity index is 372. The summed E-state index contributed by atoms with van der Waals surface area (Å²) < 4.78 is 14.1. The lowest BCUT2D eigenvalue weighted by Crippen LogP contribution is -2.53. The Morgan fingerprint density at radius 2 is 1.89 bits per heavy atom. The number of nitrogens with one attached hydrogen (secondary N) is 1.